The number of phenols is 3. The Hall–Kier alpha value is -2.69. The summed E-state index contributed by atoms with van der Waals surface area (Å²) in [5.41, 5.74) is 0.444. The van der Waals surface area contributed by atoms with E-state index < -0.39 is 5.91 Å². The number of benzene rings is 2. The predicted octanol–water partition coefficient (Wildman–Crippen LogP) is 3.35. The van der Waals surface area contributed by atoms with Crippen molar-refractivity contribution in [3.05, 3.63) is 47.5 Å². The van der Waals surface area contributed by atoms with Crippen molar-refractivity contribution in [2.75, 3.05) is 5.32 Å². The highest BCUT2D eigenvalue weighted by molar-refractivity contribution is 6.06. The molecule has 2 rings (SSSR count). The fourth-order valence-corrected chi connectivity index (χ4v) is 2.14. The lowest BCUT2D eigenvalue weighted by Crippen LogP contribution is -2.15. The van der Waals surface area contributed by atoms with E-state index in [1.807, 2.05) is 20.8 Å². The first kappa shape index (κ1) is 15.7. The number of hydrogen-bond acceptors (Lipinski definition) is 4. The summed E-state index contributed by atoms with van der Waals surface area (Å²) in [6.07, 6.45) is 0. The summed E-state index contributed by atoms with van der Waals surface area (Å²) >= 11 is 0. The van der Waals surface area contributed by atoms with Crippen LogP contribution in [0.1, 0.15) is 36.7 Å². The van der Waals surface area contributed by atoms with Crippen LogP contribution in [0.2, 0.25) is 0 Å². The molecule has 0 bridgehead atoms. The van der Waals surface area contributed by atoms with Crippen LogP contribution in [0.15, 0.2) is 36.4 Å². The third-order valence-electron chi connectivity index (χ3n) is 3.31. The molecular formula is C17H19NO4. The molecule has 0 saturated heterocycles. The van der Waals surface area contributed by atoms with Gasteiger partial charge in [-0.1, -0.05) is 32.9 Å². The van der Waals surface area contributed by atoms with E-state index in [4.69, 9.17) is 0 Å². The highest BCUT2D eigenvalue weighted by atomic mass is 16.3. The molecule has 0 aliphatic carbocycles. The van der Waals surface area contributed by atoms with E-state index in [9.17, 15) is 20.1 Å². The molecule has 116 valence electrons. The van der Waals surface area contributed by atoms with Crippen LogP contribution in [0.5, 0.6) is 17.2 Å². The monoisotopic (exact) mass is 301 g/mol. The predicted molar refractivity (Wildman–Crippen MR) is 84.5 cm³/mol. The van der Waals surface area contributed by atoms with E-state index in [0.29, 0.717) is 5.56 Å². The summed E-state index contributed by atoms with van der Waals surface area (Å²) in [5, 5.41) is 32.1. The Bertz CT molecular complexity index is 717. The second-order valence-corrected chi connectivity index (χ2v) is 6.11. The lowest BCUT2D eigenvalue weighted by molar-refractivity contribution is 0.102. The number of anilines is 1. The van der Waals surface area contributed by atoms with Crippen molar-refractivity contribution in [3.8, 4) is 17.2 Å². The van der Waals surface area contributed by atoms with Gasteiger partial charge in [0.1, 0.15) is 22.9 Å². The molecule has 0 saturated carbocycles. The summed E-state index contributed by atoms with van der Waals surface area (Å²) in [6.45, 7) is 5.75. The molecule has 0 aliphatic rings. The third kappa shape index (κ3) is 3.14. The zero-order chi connectivity index (χ0) is 16.5. The SMILES string of the molecule is CC(C)(C)c1ccc(O)c(NC(=O)c2cccc(O)c2)c1O. The zero-order valence-electron chi connectivity index (χ0n) is 12.7. The first-order chi connectivity index (χ1) is 10.2. The maximum Gasteiger partial charge on any atom is 0.256 e. The second kappa shape index (κ2) is 5.60. The van der Waals surface area contributed by atoms with Crippen molar-refractivity contribution in [1.29, 1.82) is 0 Å². The van der Waals surface area contributed by atoms with Crippen LogP contribution in [0.25, 0.3) is 0 Å². The van der Waals surface area contributed by atoms with Crippen LogP contribution in [-0.2, 0) is 5.41 Å². The average molecular weight is 301 g/mol. The maximum atomic E-state index is 12.2. The van der Waals surface area contributed by atoms with E-state index in [1.165, 1.54) is 30.3 Å². The van der Waals surface area contributed by atoms with Crippen LogP contribution < -0.4 is 5.32 Å². The number of amides is 1. The normalized spacial score (nSPS) is 11.2. The molecule has 0 unspecified atom stereocenters. The summed E-state index contributed by atoms with van der Waals surface area (Å²) in [6, 6.07) is 8.86. The number of carbonyl (C=O) groups excluding carboxylic acids is 1. The second-order valence-electron chi connectivity index (χ2n) is 6.11. The Morgan fingerprint density at radius 1 is 1.05 bits per heavy atom. The highest BCUT2D eigenvalue weighted by Crippen LogP contribution is 2.41. The van der Waals surface area contributed by atoms with Gasteiger partial charge in [-0.15, -0.1) is 0 Å². The highest BCUT2D eigenvalue weighted by Gasteiger charge is 2.23. The molecule has 0 heterocycles. The Morgan fingerprint density at radius 2 is 1.73 bits per heavy atom. The number of phenolic OH excluding ortho intramolecular Hbond substituents is 3. The van der Waals surface area contributed by atoms with Gasteiger partial charge >= 0.3 is 0 Å². The molecule has 0 aliphatic heterocycles. The number of hydrogen-bond donors (Lipinski definition) is 4. The van der Waals surface area contributed by atoms with Crippen LogP contribution >= 0.6 is 0 Å². The molecule has 5 heteroatoms. The van der Waals surface area contributed by atoms with Crippen LogP contribution in [-0.4, -0.2) is 21.2 Å². The van der Waals surface area contributed by atoms with Gasteiger partial charge < -0.3 is 20.6 Å². The third-order valence-corrected chi connectivity index (χ3v) is 3.31. The molecule has 0 atom stereocenters. The molecule has 5 nitrogen and oxygen atoms in total. The topological polar surface area (TPSA) is 89.8 Å². The Labute approximate surface area is 128 Å². The summed E-state index contributed by atoms with van der Waals surface area (Å²) in [4.78, 5) is 12.2. The Kier molecular flexibility index (Phi) is 3.99. The number of carbonyl (C=O) groups is 1. The molecule has 0 spiro atoms. The molecule has 22 heavy (non-hydrogen) atoms. The molecule has 1 amide bonds. The van der Waals surface area contributed by atoms with E-state index in [2.05, 4.69) is 5.32 Å². The molecule has 0 radical (unpaired) electrons. The van der Waals surface area contributed by atoms with Crippen molar-refractivity contribution >= 4 is 11.6 Å². The lowest BCUT2D eigenvalue weighted by Gasteiger charge is -2.22. The quantitative estimate of drug-likeness (QED) is 0.640. The first-order valence-corrected chi connectivity index (χ1v) is 6.86. The Balaban J connectivity index is 2.39. The molecule has 0 aromatic heterocycles. The maximum absolute atomic E-state index is 12.2. The summed E-state index contributed by atoms with van der Waals surface area (Å²) < 4.78 is 0. The molecular weight excluding hydrogens is 282 g/mol. The summed E-state index contributed by atoms with van der Waals surface area (Å²) in [7, 11) is 0. The van der Waals surface area contributed by atoms with E-state index in [1.54, 1.807) is 6.07 Å². The van der Waals surface area contributed by atoms with Gasteiger partial charge in [-0.3, -0.25) is 4.79 Å². The summed E-state index contributed by atoms with van der Waals surface area (Å²) in [5.74, 6) is -0.961. The fourth-order valence-electron chi connectivity index (χ4n) is 2.14. The van der Waals surface area contributed by atoms with Gasteiger partial charge in [-0.2, -0.15) is 0 Å². The van der Waals surface area contributed by atoms with Crippen molar-refractivity contribution in [3.63, 3.8) is 0 Å². The van der Waals surface area contributed by atoms with Gasteiger partial charge in [0, 0.05) is 11.1 Å². The minimum Gasteiger partial charge on any atom is -0.508 e. The molecule has 4 N–H and O–H groups in total. The van der Waals surface area contributed by atoms with E-state index in [-0.39, 0.29) is 33.9 Å². The van der Waals surface area contributed by atoms with Crippen molar-refractivity contribution in [2.24, 2.45) is 0 Å². The van der Waals surface area contributed by atoms with Gasteiger partial charge in [-0.25, -0.2) is 0 Å². The van der Waals surface area contributed by atoms with Crippen LogP contribution in [0.3, 0.4) is 0 Å². The number of nitrogens with one attached hydrogen (secondary N) is 1. The van der Waals surface area contributed by atoms with Gasteiger partial charge in [-0.05, 0) is 29.7 Å². The van der Waals surface area contributed by atoms with Gasteiger partial charge in [0.15, 0.2) is 0 Å². The fraction of sp³-hybridized carbons (Fsp3) is 0.235. The van der Waals surface area contributed by atoms with Gasteiger partial charge in [0.25, 0.3) is 5.91 Å². The van der Waals surface area contributed by atoms with E-state index in [0.717, 1.165) is 0 Å². The van der Waals surface area contributed by atoms with Crippen LogP contribution in [0, 0.1) is 0 Å². The van der Waals surface area contributed by atoms with Crippen molar-refractivity contribution < 1.29 is 20.1 Å². The number of rotatable bonds is 2. The smallest absolute Gasteiger partial charge is 0.256 e. The Morgan fingerprint density at radius 3 is 2.32 bits per heavy atom. The minimum absolute atomic E-state index is 0.0375. The largest absolute Gasteiger partial charge is 0.508 e. The van der Waals surface area contributed by atoms with E-state index >= 15 is 0 Å². The standard InChI is InChI=1S/C17H19NO4/c1-17(2,3)12-7-8-13(20)14(15(12)21)18-16(22)10-5-4-6-11(19)9-10/h4-9,19-21H,1-3H3,(H,18,22). The minimum atomic E-state index is -0.535. The van der Waals surface area contributed by atoms with Gasteiger partial charge in [0.05, 0.1) is 0 Å². The first-order valence-electron chi connectivity index (χ1n) is 6.86. The zero-order valence-corrected chi connectivity index (χ0v) is 12.7. The van der Waals surface area contributed by atoms with Gasteiger partial charge in [0.2, 0.25) is 0 Å². The average Bonchev–Trinajstić information content (AvgIpc) is 2.41. The molecule has 0 fully saturated rings. The van der Waals surface area contributed by atoms with Crippen LogP contribution in [0.4, 0.5) is 5.69 Å². The number of aromatic hydroxyl groups is 3. The molecule has 2 aromatic carbocycles. The lowest BCUT2D eigenvalue weighted by atomic mass is 9.86. The van der Waals surface area contributed by atoms with Crippen molar-refractivity contribution in [2.45, 2.75) is 26.2 Å². The van der Waals surface area contributed by atoms with Crippen molar-refractivity contribution in [1.82, 2.24) is 0 Å². The molecule has 2 aromatic rings.